The first-order valence-electron chi connectivity index (χ1n) is 5.11. The molecule has 1 heterocycles. The second-order valence-corrected chi connectivity index (χ2v) is 5.50. The third kappa shape index (κ3) is 2.24. The van der Waals surface area contributed by atoms with Gasteiger partial charge in [-0.05, 0) is 28.1 Å². The van der Waals surface area contributed by atoms with Crippen LogP contribution in [0.2, 0.25) is 0 Å². The van der Waals surface area contributed by atoms with Gasteiger partial charge in [0.05, 0.1) is 5.69 Å². The summed E-state index contributed by atoms with van der Waals surface area (Å²) in [4.78, 5) is 24.1. The van der Waals surface area contributed by atoms with Crippen molar-refractivity contribution in [2.75, 3.05) is 11.4 Å². The molecule has 18 heavy (non-hydrogen) atoms. The number of carboxylic acids is 1. The molecule has 1 fully saturated rings. The Labute approximate surface area is 116 Å². The lowest BCUT2D eigenvalue weighted by atomic mass is 10.1. The SMILES string of the molecule is O=C(O)c1c(Br)ccc(F)c1N1CC(S)CC1=O. The predicted molar refractivity (Wildman–Crippen MR) is 70.8 cm³/mol. The van der Waals surface area contributed by atoms with Crippen LogP contribution in [-0.2, 0) is 4.79 Å². The van der Waals surface area contributed by atoms with E-state index < -0.39 is 11.8 Å². The zero-order valence-corrected chi connectivity index (χ0v) is 11.5. The lowest BCUT2D eigenvalue weighted by Gasteiger charge is -2.19. The number of rotatable bonds is 2. The van der Waals surface area contributed by atoms with E-state index in [4.69, 9.17) is 5.11 Å². The van der Waals surface area contributed by atoms with Gasteiger partial charge in [0.1, 0.15) is 11.4 Å². The Hall–Kier alpha value is -1.08. The number of carbonyl (C=O) groups excluding carboxylic acids is 1. The summed E-state index contributed by atoms with van der Waals surface area (Å²) in [5.74, 6) is -2.34. The largest absolute Gasteiger partial charge is 0.478 e. The minimum atomic E-state index is -1.29. The molecule has 1 unspecified atom stereocenters. The van der Waals surface area contributed by atoms with E-state index in [0.29, 0.717) is 0 Å². The Bertz CT molecular complexity index is 537. The summed E-state index contributed by atoms with van der Waals surface area (Å²) >= 11 is 7.22. The van der Waals surface area contributed by atoms with Crippen LogP contribution in [0.1, 0.15) is 16.8 Å². The van der Waals surface area contributed by atoms with Crippen LogP contribution in [0.4, 0.5) is 10.1 Å². The Balaban J connectivity index is 2.59. The van der Waals surface area contributed by atoms with Gasteiger partial charge in [-0.25, -0.2) is 9.18 Å². The molecule has 1 aliphatic rings. The van der Waals surface area contributed by atoms with Crippen LogP contribution in [0, 0.1) is 5.82 Å². The Morgan fingerprint density at radius 3 is 2.72 bits per heavy atom. The summed E-state index contributed by atoms with van der Waals surface area (Å²) in [5.41, 5.74) is -0.441. The molecule has 0 radical (unpaired) electrons. The minimum absolute atomic E-state index is 0.175. The Kier molecular flexibility index (Phi) is 3.63. The molecule has 1 amide bonds. The molecule has 0 bridgehead atoms. The Morgan fingerprint density at radius 1 is 1.56 bits per heavy atom. The van der Waals surface area contributed by atoms with E-state index in [1.165, 1.54) is 6.07 Å². The summed E-state index contributed by atoms with van der Waals surface area (Å²) < 4.78 is 14.1. The molecule has 1 aromatic carbocycles. The smallest absolute Gasteiger partial charge is 0.339 e. The second-order valence-electron chi connectivity index (χ2n) is 3.92. The van der Waals surface area contributed by atoms with Crippen molar-refractivity contribution in [1.29, 1.82) is 0 Å². The molecule has 0 saturated carbocycles. The topological polar surface area (TPSA) is 57.6 Å². The van der Waals surface area contributed by atoms with Gasteiger partial charge in [0.15, 0.2) is 0 Å². The number of hydrogen-bond donors (Lipinski definition) is 2. The molecule has 1 atom stereocenters. The van der Waals surface area contributed by atoms with E-state index in [1.807, 2.05) is 0 Å². The maximum Gasteiger partial charge on any atom is 0.339 e. The van der Waals surface area contributed by atoms with Crippen molar-refractivity contribution in [1.82, 2.24) is 0 Å². The first-order valence-corrected chi connectivity index (χ1v) is 6.42. The molecule has 1 saturated heterocycles. The normalized spacial score (nSPS) is 19.4. The lowest BCUT2D eigenvalue weighted by molar-refractivity contribution is -0.117. The summed E-state index contributed by atoms with van der Waals surface area (Å²) in [6, 6.07) is 2.44. The van der Waals surface area contributed by atoms with Gasteiger partial charge in [0.2, 0.25) is 5.91 Å². The highest BCUT2D eigenvalue weighted by molar-refractivity contribution is 9.10. The van der Waals surface area contributed by atoms with Gasteiger partial charge in [-0.2, -0.15) is 12.6 Å². The van der Waals surface area contributed by atoms with E-state index in [0.717, 1.165) is 11.0 Å². The van der Waals surface area contributed by atoms with Gasteiger partial charge < -0.3 is 10.0 Å². The molecule has 0 spiro atoms. The van der Waals surface area contributed by atoms with Crippen molar-refractivity contribution in [2.45, 2.75) is 11.7 Å². The molecule has 96 valence electrons. The molecule has 2 rings (SSSR count). The number of amides is 1. The monoisotopic (exact) mass is 333 g/mol. The van der Waals surface area contributed by atoms with Crippen LogP contribution in [0.3, 0.4) is 0 Å². The average molecular weight is 334 g/mol. The van der Waals surface area contributed by atoms with Crippen LogP contribution in [0.5, 0.6) is 0 Å². The third-order valence-corrected chi connectivity index (χ3v) is 3.67. The quantitative estimate of drug-likeness (QED) is 0.816. The third-order valence-electron chi connectivity index (χ3n) is 2.67. The first-order chi connectivity index (χ1) is 8.41. The number of halogens is 2. The molecular weight excluding hydrogens is 325 g/mol. The van der Waals surface area contributed by atoms with E-state index in [9.17, 15) is 14.0 Å². The molecule has 0 aromatic heterocycles. The highest BCUT2D eigenvalue weighted by atomic mass is 79.9. The predicted octanol–water partition coefficient (Wildman–Crippen LogP) is 2.32. The number of aromatic carboxylic acids is 1. The van der Waals surface area contributed by atoms with Gasteiger partial charge >= 0.3 is 5.97 Å². The van der Waals surface area contributed by atoms with Crippen LogP contribution < -0.4 is 4.90 Å². The molecule has 1 N–H and O–H groups in total. The van der Waals surface area contributed by atoms with Gasteiger partial charge in [-0.1, -0.05) is 0 Å². The number of hydrogen-bond acceptors (Lipinski definition) is 3. The first kappa shape index (κ1) is 13.4. The fraction of sp³-hybridized carbons (Fsp3) is 0.273. The fourth-order valence-corrected chi connectivity index (χ4v) is 2.72. The maximum atomic E-state index is 13.8. The number of carboxylic acid groups (broad SMARTS) is 1. The van der Waals surface area contributed by atoms with Gasteiger partial charge in [0.25, 0.3) is 0 Å². The zero-order valence-electron chi connectivity index (χ0n) is 9.06. The van der Waals surface area contributed by atoms with E-state index in [2.05, 4.69) is 28.6 Å². The fourth-order valence-electron chi connectivity index (χ4n) is 1.91. The highest BCUT2D eigenvalue weighted by Gasteiger charge is 2.33. The molecule has 1 aliphatic heterocycles. The molecule has 4 nitrogen and oxygen atoms in total. The second kappa shape index (κ2) is 4.89. The van der Waals surface area contributed by atoms with Crippen LogP contribution >= 0.6 is 28.6 Å². The minimum Gasteiger partial charge on any atom is -0.478 e. The average Bonchev–Trinajstić information content (AvgIpc) is 2.60. The van der Waals surface area contributed by atoms with Crippen molar-refractivity contribution in [3.63, 3.8) is 0 Å². The van der Waals surface area contributed by atoms with Gasteiger partial charge in [0, 0.05) is 22.7 Å². The number of anilines is 1. The number of nitrogens with zero attached hydrogens (tertiary/aromatic N) is 1. The van der Waals surface area contributed by atoms with Gasteiger partial charge in [-0.15, -0.1) is 0 Å². The molecular formula is C11H9BrFNO3S. The van der Waals surface area contributed by atoms with Gasteiger partial charge in [-0.3, -0.25) is 4.79 Å². The highest BCUT2D eigenvalue weighted by Crippen LogP contribution is 2.34. The number of carbonyl (C=O) groups is 2. The maximum absolute atomic E-state index is 13.8. The standard InChI is InChI=1S/C11H9BrFNO3S/c12-6-1-2-7(13)10(9(6)11(16)17)14-4-5(18)3-8(14)15/h1-2,5,18H,3-4H2,(H,16,17). The summed E-state index contributed by atoms with van der Waals surface area (Å²) in [5, 5.41) is 8.92. The Morgan fingerprint density at radius 2 is 2.22 bits per heavy atom. The van der Waals surface area contributed by atoms with Crippen molar-refractivity contribution < 1.29 is 19.1 Å². The van der Waals surface area contributed by atoms with Crippen LogP contribution in [-0.4, -0.2) is 28.8 Å². The summed E-state index contributed by atoms with van der Waals surface area (Å²) in [6.45, 7) is 0.204. The van der Waals surface area contributed by atoms with E-state index in [-0.39, 0.29) is 39.8 Å². The summed E-state index contributed by atoms with van der Waals surface area (Å²) in [6.07, 6.45) is 0.175. The zero-order chi connectivity index (χ0) is 13.4. The number of benzene rings is 1. The number of thiol groups is 1. The summed E-state index contributed by atoms with van der Waals surface area (Å²) in [7, 11) is 0. The molecule has 1 aromatic rings. The van der Waals surface area contributed by atoms with Crippen molar-refractivity contribution in [3.05, 3.63) is 28.0 Å². The van der Waals surface area contributed by atoms with Crippen LogP contribution in [0.25, 0.3) is 0 Å². The molecule has 0 aliphatic carbocycles. The van der Waals surface area contributed by atoms with E-state index >= 15 is 0 Å². The van der Waals surface area contributed by atoms with E-state index in [1.54, 1.807) is 0 Å². The van der Waals surface area contributed by atoms with Crippen molar-refractivity contribution in [3.8, 4) is 0 Å². The molecule has 7 heteroatoms. The lowest BCUT2D eigenvalue weighted by Crippen LogP contribution is -2.28. The van der Waals surface area contributed by atoms with Crippen molar-refractivity contribution in [2.24, 2.45) is 0 Å². The van der Waals surface area contributed by atoms with Crippen molar-refractivity contribution >= 4 is 46.1 Å². The van der Waals surface area contributed by atoms with Crippen LogP contribution in [0.15, 0.2) is 16.6 Å².